The Hall–Kier alpha value is -0.670. The topological polar surface area (TPSA) is 35.5 Å². The van der Waals surface area contributed by atoms with Crippen LogP contribution >= 0.6 is 0 Å². The lowest BCUT2D eigenvalue weighted by atomic mass is 9.99. The Labute approximate surface area is 112 Å². The smallest absolute Gasteiger partial charge is 0.157 e. The first-order valence-electron chi connectivity index (χ1n) is 6.78. The maximum Gasteiger partial charge on any atom is 0.157 e. The summed E-state index contributed by atoms with van der Waals surface area (Å²) in [4.78, 5) is 10.3. The van der Waals surface area contributed by atoms with Crippen LogP contribution in [0.25, 0.3) is 0 Å². The van der Waals surface area contributed by atoms with E-state index in [-0.39, 0.29) is 6.29 Å². The van der Waals surface area contributed by atoms with Gasteiger partial charge in [-0.25, -0.2) is 0 Å². The number of allylic oxidation sites excluding steroid dienone is 2. The summed E-state index contributed by atoms with van der Waals surface area (Å²) in [5.41, 5.74) is 1.39. The molecule has 0 aliphatic heterocycles. The fourth-order valence-corrected chi connectivity index (χ4v) is 1.89. The zero-order chi connectivity index (χ0) is 13.8. The molecular formula is C15H28O3. The highest BCUT2D eigenvalue weighted by molar-refractivity contribution is 5.49. The quantitative estimate of drug-likeness (QED) is 0.321. The minimum atomic E-state index is -0.0973. The van der Waals surface area contributed by atoms with Crippen molar-refractivity contribution in [1.29, 1.82) is 0 Å². The molecule has 106 valence electrons. The number of aldehydes is 1. The van der Waals surface area contributed by atoms with E-state index in [4.69, 9.17) is 9.47 Å². The Bertz CT molecular complexity index is 232. The molecule has 0 saturated heterocycles. The molecule has 1 atom stereocenters. The molecule has 0 aromatic carbocycles. The van der Waals surface area contributed by atoms with E-state index < -0.39 is 0 Å². The summed E-state index contributed by atoms with van der Waals surface area (Å²) in [6.45, 7) is 4.36. The summed E-state index contributed by atoms with van der Waals surface area (Å²) >= 11 is 0. The van der Waals surface area contributed by atoms with Gasteiger partial charge in [-0.15, -0.1) is 0 Å². The molecule has 0 amide bonds. The van der Waals surface area contributed by atoms with Crippen LogP contribution in [0.2, 0.25) is 0 Å². The van der Waals surface area contributed by atoms with Gasteiger partial charge in [0.2, 0.25) is 0 Å². The Morgan fingerprint density at radius 3 is 2.28 bits per heavy atom. The number of methoxy groups -OCH3 is 2. The highest BCUT2D eigenvalue weighted by Crippen LogP contribution is 2.15. The van der Waals surface area contributed by atoms with E-state index in [1.165, 1.54) is 5.57 Å². The van der Waals surface area contributed by atoms with E-state index in [1.807, 2.05) is 0 Å². The second kappa shape index (κ2) is 11.4. The predicted octanol–water partition coefficient (Wildman–Crippen LogP) is 3.73. The van der Waals surface area contributed by atoms with Crippen molar-refractivity contribution in [3.8, 4) is 0 Å². The Kier molecular flexibility index (Phi) is 11.0. The highest BCUT2D eigenvalue weighted by atomic mass is 16.7. The van der Waals surface area contributed by atoms with Crippen molar-refractivity contribution in [2.75, 3.05) is 14.2 Å². The molecule has 3 heteroatoms. The molecule has 0 rings (SSSR count). The molecule has 0 heterocycles. The molecule has 1 unspecified atom stereocenters. The molecule has 0 radical (unpaired) electrons. The van der Waals surface area contributed by atoms with Gasteiger partial charge in [0.15, 0.2) is 6.29 Å². The van der Waals surface area contributed by atoms with Gasteiger partial charge in [-0.1, -0.05) is 18.6 Å². The van der Waals surface area contributed by atoms with Crippen LogP contribution in [0.3, 0.4) is 0 Å². The van der Waals surface area contributed by atoms with E-state index in [0.29, 0.717) is 12.3 Å². The molecule has 0 bridgehead atoms. The molecule has 0 aliphatic rings. The Morgan fingerprint density at radius 1 is 1.11 bits per heavy atom. The molecular weight excluding hydrogens is 228 g/mol. The highest BCUT2D eigenvalue weighted by Gasteiger charge is 2.05. The number of carbonyl (C=O) groups excluding carboxylic acids is 1. The van der Waals surface area contributed by atoms with Gasteiger partial charge in [0.25, 0.3) is 0 Å². The minimum Gasteiger partial charge on any atom is -0.356 e. The van der Waals surface area contributed by atoms with Gasteiger partial charge in [0, 0.05) is 27.1 Å². The summed E-state index contributed by atoms with van der Waals surface area (Å²) in [7, 11) is 3.34. The normalized spacial score (nSPS) is 13.9. The number of hydrogen-bond acceptors (Lipinski definition) is 3. The van der Waals surface area contributed by atoms with Crippen molar-refractivity contribution in [3.05, 3.63) is 11.6 Å². The van der Waals surface area contributed by atoms with Crippen LogP contribution in [0, 0.1) is 5.92 Å². The summed E-state index contributed by atoms with van der Waals surface area (Å²) < 4.78 is 10.3. The summed E-state index contributed by atoms with van der Waals surface area (Å²) in [6.07, 6.45) is 9.05. The molecule has 0 N–H and O–H groups in total. The predicted molar refractivity (Wildman–Crippen MR) is 74.5 cm³/mol. The summed E-state index contributed by atoms with van der Waals surface area (Å²) in [6, 6.07) is 0. The van der Waals surface area contributed by atoms with Crippen molar-refractivity contribution in [1.82, 2.24) is 0 Å². The molecule has 0 spiro atoms. The molecule has 0 aliphatic carbocycles. The first kappa shape index (κ1) is 17.3. The number of carbonyl (C=O) groups is 1. The van der Waals surface area contributed by atoms with Crippen LogP contribution in [-0.4, -0.2) is 26.8 Å². The average Bonchev–Trinajstić information content (AvgIpc) is 2.37. The number of rotatable bonds is 11. The van der Waals surface area contributed by atoms with Gasteiger partial charge in [0.05, 0.1) is 0 Å². The van der Waals surface area contributed by atoms with Crippen LogP contribution in [0.5, 0.6) is 0 Å². The van der Waals surface area contributed by atoms with E-state index in [0.717, 1.165) is 38.4 Å². The standard InChI is InChI=1S/C15H28O3/c1-13(9-6-12-16)7-5-8-14(2)10-11-15(17-3)18-4/h8,12-13,15H,5-7,9-11H2,1-4H3/b14-8+. The third kappa shape index (κ3) is 9.37. The lowest BCUT2D eigenvalue weighted by molar-refractivity contribution is -0.108. The van der Waals surface area contributed by atoms with Crippen LogP contribution in [0.4, 0.5) is 0 Å². The zero-order valence-electron chi connectivity index (χ0n) is 12.3. The maximum absolute atomic E-state index is 10.3. The van der Waals surface area contributed by atoms with Crippen molar-refractivity contribution in [2.45, 2.75) is 58.7 Å². The van der Waals surface area contributed by atoms with E-state index in [9.17, 15) is 4.79 Å². The SMILES string of the molecule is COC(CC/C(C)=C/CCC(C)CCC=O)OC. The van der Waals surface area contributed by atoms with Crippen molar-refractivity contribution < 1.29 is 14.3 Å². The first-order valence-corrected chi connectivity index (χ1v) is 6.78. The second-order valence-corrected chi connectivity index (χ2v) is 4.92. The van der Waals surface area contributed by atoms with Crippen molar-refractivity contribution in [2.24, 2.45) is 5.92 Å². The van der Waals surface area contributed by atoms with Crippen molar-refractivity contribution in [3.63, 3.8) is 0 Å². The van der Waals surface area contributed by atoms with E-state index in [2.05, 4.69) is 19.9 Å². The molecule has 0 aromatic rings. The molecule has 18 heavy (non-hydrogen) atoms. The number of hydrogen-bond donors (Lipinski definition) is 0. The van der Waals surface area contributed by atoms with Gasteiger partial charge >= 0.3 is 0 Å². The largest absolute Gasteiger partial charge is 0.356 e. The average molecular weight is 256 g/mol. The van der Waals surface area contributed by atoms with Crippen molar-refractivity contribution >= 4 is 6.29 Å². The maximum atomic E-state index is 10.3. The minimum absolute atomic E-state index is 0.0973. The first-order chi connectivity index (χ1) is 8.63. The van der Waals surface area contributed by atoms with Crippen LogP contribution in [0.15, 0.2) is 11.6 Å². The lowest BCUT2D eigenvalue weighted by Gasteiger charge is -2.13. The van der Waals surface area contributed by atoms with Gasteiger partial charge < -0.3 is 14.3 Å². The second-order valence-electron chi connectivity index (χ2n) is 4.92. The molecule has 0 fully saturated rings. The number of ether oxygens (including phenoxy) is 2. The van der Waals surface area contributed by atoms with Crippen LogP contribution in [0.1, 0.15) is 52.4 Å². The third-order valence-corrected chi connectivity index (χ3v) is 3.23. The van der Waals surface area contributed by atoms with Crippen LogP contribution < -0.4 is 0 Å². The molecule has 0 aromatic heterocycles. The fourth-order valence-electron chi connectivity index (χ4n) is 1.89. The summed E-state index contributed by atoms with van der Waals surface area (Å²) in [5.74, 6) is 0.630. The van der Waals surface area contributed by atoms with Gasteiger partial charge in [0.1, 0.15) is 6.29 Å². The molecule has 0 saturated carbocycles. The molecule has 3 nitrogen and oxygen atoms in total. The van der Waals surface area contributed by atoms with Gasteiger partial charge in [-0.3, -0.25) is 0 Å². The fraction of sp³-hybridized carbons (Fsp3) is 0.800. The van der Waals surface area contributed by atoms with Crippen LogP contribution in [-0.2, 0) is 14.3 Å². The monoisotopic (exact) mass is 256 g/mol. The van der Waals surface area contributed by atoms with Gasteiger partial charge in [-0.05, 0) is 38.5 Å². The Balaban J connectivity index is 3.73. The zero-order valence-corrected chi connectivity index (χ0v) is 12.3. The van der Waals surface area contributed by atoms with Gasteiger partial charge in [-0.2, -0.15) is 0 Å². The lowest BCUT2D eigenvalue weighted by Crippen LogP contribution is -2.12. The third-order valence-electron chi connectivity index (χ3n) is 3.23. The van der Waals surface area contributed by atoms with E-state index in [1.54, 1.807) is 14.2 Å². The Morgan fingerprint density at radius 2 is 1.72 bits per heavy atom. The van der Waals surface area contributed by atoms with E-state index >= 15 is 0 Å². The summed E-state index contributed by atoms with van der Waals surface area (Å²) in [5, 5.41) is 0.